The van der Waals surface area contributed by atoms with Crippen molar-refractivity contribution < 1.29 is 23.9 Å². The summed E-state index contributed by atoms with van der Waals surface area (Å²) < 4.78 is 15.9. The third-order valence-electron chi connectivity index (χ3n) is 5.73. The highest BCUT2D eigenvalue weighted by atomic mass is 19.1. The first kappa shape index (κ1) is 24.4. The lowest BCUT2D eigenvalue weighted by atomic mass is 9.86. The van der Waals surface area contributed by atoms with Gasteiger partial charge in [-0.1, -0.05) is 20.8 Å². The second-order valence-electron chi connectivity index (χ2n) is 9.36. The zero-order valence-electron chi connectivity index (χ0n) is 19.5. The van der Waals surface area contributed by atoms with E-state index in [9.17, 15) is 23.9 Å². The fraction of sp³-hybridized carbons (Fsp3) is 0.478. The summed E-state index contributed by atoms with van der Waals surface area (Å²) in [6, 6.07) is 2.98. The van der Waals surface area contributed by atoms with Crippen LogP contribution < -0.4 is 10.6 Å². The van der Waals surface area contributed by atoms with Gasteiger partial charge in [0, 0.05) is 25.7 Å². The Hall–Kier alpha value is -3.27. The van der Waals surface area contributed by atoms with Crippen LogP contribution in [-0.4, -0.2) is 64.0 Å². The summed E-state index contributed by atoms with van der Waals surface area (Å²) in [6.45, 7) is 7.37. The first-order valence-electron chi connectivity index (χ1n) is 10.8. The number of carboxylic acids is 1. The number of likely N-dealkylation sites (N-methyl/N-ethyl adjacent to an activating group) is 1. The lowest BCUT2D eigenvalue weighted by molar-refractivity contribution is -0.124. The Morgan fingerprint density at radius 1 is 1.21 bits per heavy atom. The number of rotatable bonds is 5. The summed E-state index contributed by atoms with van der Waals surface area (Å²) in [6.07, 6.45) is 0.795. The molecule has 3 N–H and O–H groups in total. The summed E-state index contributed by atoms with van der Waals surface area (Å²) in [5.41, 5.74) is 0.220. The maximum Gasteiger partial charge on any atom is 0.338 e. The molecule has 3 rings (SSSR count). The highest BCUT2D eigenvalue weighted by molar-refractivity contribution is 5.98. The molecule has 1 aliphatic heterocycles. The molecular formula is C23H30FN5O4. The zero-order valence-corrected chi connectivity index (χ0v) is 19.5. The molecule has 0 saturated carbocycles. The largest absolute Gasteiger partial charge is 0.478 e. The van der Waals surface area contributed by atoms with E-state index in [1.807, 2.05) is 32.4 Å². The van der Waals surface area contributed by atoms with Crippen LogP contribution in [0.5, 0.6) is 0 Å². The Bertz CT molecular complexity index is 1090. The SMILES string of the molecule is CNC(=O)[C@@H](NC(=O)c1nc(-c2ccc(F)c(C(=O)O)c2)n2c1CN(C)CCC2)C(C)(C)C. The van der Waals surface area contributed by atoms with Crippen LogP contribution >= 0.6 is 0 Å². The van der Waals surface area contributed by atoms with E-state index < -0.39 is 34.7 Å². The number of fused-ring (bicyclic) bond motifs is 1. The molecule has 1 aromatic heterocycles. The van der Waals surface area contributed by atoms with Crippen molar-refractivity contribution in [3.8, 4) is 11.4 Å². The number of carboxylic acid groups (broad SMARTS) is 1. The summed E-state index contributed by atoms with van der Waals surface area (Å²) >= 11 is 0. The van der Waals surface area contributed by atoms with Gasteiger partial charge in [-0.15, -0.1) is 0 Å². The standard InChI is InChI=1S/C23H30FN5O4/c1-23(2,3)18(21(31)25-4)27-20(30)17-16-12-28(5)9-6-10-29(16)19(26-17)13-7-8-15(24)14(11-13)22(32)33/h7-8,11,18H,6,9-10,12H2,1-5H3,(H,25,31)(H,27,30)(H,32,33)/t18-/m1/s1. The molecule has 2 aromatic rings. The molecular weight excluding hydrogens is 429 g/mol. The lowest BCUT2D eigenvalue weighted by Crippen LogP contribution is -2.53. The minimum absolute atomic E-state index is 0.165. The Balaban J connectivity index is 2.11. The molecule has 1 aliphatic rings. The molecule has 2 heterocycles. The number of halogens is 1. The number of carbonyl (C=O) groups excluding carboxylic acids is 2. The minimum Gasteiger partial charge on any atom is -0.478 e. The van der Waals surface area contributed by atoms with E-state index in [0.717, 1.165) is 19.0 Å². The van der Waals surface area contributed by atoms with Gasteiger partial charge in [-0.25, -0.2) is 14.2 Å². The maximum absolute atomic E-state index is 14.0. The molecule has 1 atom stereocenters. The number of amides is 2. The number of nitrogens with one attached hydrogen (secondary N) is 2. The van der Waals surface area contributed by atoms with E-state index in [1.54, 1.807) is 0 Å². The summed E-state index contributed by atoms with van der Waals surface area (Å²) in [5.74, 6) is -2.65. The van der Waals surface area contributed by atoms with E-state index in [2.05, 4.69) is 20.5 Å². The van der Waals surface area contributed by atoms with Gasteiger partial charge in [0.2, 0.25) is 5.91 Å². The topological polar surface area (TPSA) is 117 Å². The van der Waals surface area contributed by atoms with Gasteiger partial charge in [0.1, 0.15) is 17.7 Å². The number of aromatic nitrogens is 2. The number of carbonyl (C=O) groups is 3. The van der Waals surface area contributed by atoms with Gasteiger partial charge >= 0.3 is 5.97 Å². The minimum atomic E-state index is -1.38. The predicted octanol–water partition coefficient (Wildman–Crippen LogP) is 2.11. The van der Waals surface area contributed by atoms with Crippen molar-refractivity contribution in [3.05, 3.63) is 41.0 Å². The van der Waals surface area contributed by atoms with Crippen molar-refractivity contribution in [2.45, 2.75) is 46.3 Å². The monoisotopic (exact) mass is 459 g/mol. The van der Waals surface area contributed by atoms with Gasteiger partial charge < -0.3 is 25.2 Å². The Kier molecular flexibility index (Phi) is 6.87. The van der Waals surface area contributed by atoms with E-state index in [1.165, 1.54) is 19.2 Å². The van der Waals surface area contributed by atoms with Crippen molar-refractivity contribution in [2.24, 2.45) is 5.41 Å². The molecule has 10 heteroatoms. The van der Waals surface area contributed by atoms with Crippen LogP contribution in [0.3, 0.4) is 0 Å². The van der Waals surface area contributed by atoms with Gasteiger partial charge in [-0.05, 0) is 43.6 Å². The number of hydrogen-bond donors (Lipinski definition) is 3. The van der Waals surface area contributed by atoms with Gasteiger partial charge in [0.05, 0.1) is 11.3 Å². The lowest BCUT2D eigenvalue weighted by Gasteiger charge is -2.29. The summed E-state index contributed by atoms with van der Waals surface area (Å²) in [4.78, 5) is 43.8. The first-order valence-corrected chi connectivity index (χ1v) is 10.8. The van der Waals surface area contributed by atoms with Crippen LogP contribution in [0.25, 0.3) is 11.4 Å². The van der Waals surface area contributed by atoms with Crippen LogP contribution in [0.15, 0.2) is 18.2 Å². The molecule has 0 saturated heterocycles. The fourth-order valence-corrected chi connectivity index (χ4v) is 3.97. The Labute approximate surface area is 192 Å². The second kappa shape index (κ2) is 9.30. The molecule has 0 aliphatic carbocycles. The number of nitrogens with zero attached hydrogens (tertiary/aromatic N) is 3. The molecule has 0 unspecified atom stereocenters. The third kappa shape index (κ3) is 5.05. The zero-order chi connectivity index (χ0) is 24.5. The van der Waals surface area contributed by atoms with Crippen LogP contribution in [0.2, 0.25) is 0 Å². The molecule has 0 bridgehead atoms. The van der Waals surface area contributed by atoms with Crippen molar-refractivity contribution in [2.75, 3.05) is 20.6 Å². The van der Waals surface area contributed by atoms with Crippen molar-refractivity contribution in [1.29, 1.82) is 0 Å². The normalized spacial score (nSPS) is 15.3. The van der Waals surface area contributed by atoms with Gasteiger partial charge in [0.15, 0.2) is 5.69 Å². The highest BCUT2D eigenvalue weighted by Crippen LogP contribution is 2.28. The van der Waals surface area contributed by atoms with Gasteiger partial charge in [0.25, 0.3) is 5.91 Å². The summed E-state index contributed by atoms with van der Waals surface area (Å²) in [7, 11) is 3.45. The molecule has 0 spiro atoms. The number of hydrogen-bond acceptors (Lipinski definition) is 5. The third-order valence-corrected chi connectivity index (χ3v) is 5.73. The second-order valence-corrected chi connectivity index (χ2v) is 9.36. The smallest absolute Gasteiger partial charge is 0.338 e. The molecule has 178 valence electrons. The average Bonchev–Trinajstić information content (AvgIpc) is 2.97. The Morgan fingerprint density at radius 2 is 1.91 bits per heavy atom. The van der Waals surface area contributed by atoms with Crippen LogP contribution in [-0.2, 0) is 17.9 Å². The van der Waals surface area contributed by atoms with E-state index >= 15 is 0 Å². The molecule has 9 nitrogen and oxygen atoms in total. The molecule has 0 fully saturated rings. The molecule has 33 heavy (non-hydrogen) atoms. The summed E-state index contributed by atoms with van der Waals surface area (Å²) in [5, 5.41) is 14.7. The fourth-order valence-electron chi connectivity index (χ4n) is 3.97. The number of benzene rings is 1. The number of imidazole rings is 1. The van der Waals surface area contributed by atoms with Gasteiger partial charge in [-0.3, -0.25) is 9.59 Å². The number of aromatic carboxylic acids is 1. The van der Waals surface area contributed by atoms with E-state index in [-0.39, 0.29) is 11.6 Å². The maximum atomic E-state index is 14.0. The van der Waals surface area contributed by atoms with Gasteiger partial charge in [-0.2, -0.15) is 0 Å². The van der Waals surface area contributed by atoms with Crippen molar-refractivity contribution >= 4 is 17.8 Å². The predicted molar refractivity (Wildman–Crippen MR) is 120 cm³/mol. The highest BCUT2D eigenvalue weighted by Gasteiger charge is 2.34. The first-order chi connectivity index (χ1) is 15.4. The van der Waals surface area contributed by atoms with Crippen LogP contribution in [0.1, 0.15) is 53.7 Å². The molecule has 1 aromatic carbocycles. The molecule has 0 radical (unpaired) electrons. The average molecular weight is 460 g/mol. The van der Waals surface area contributed by atoms with Crippen LogP contribution in [0.4, 0.5) is 4.39 Å². The van der Waals surface area contributed by atoms with E-state index in [4.69, 9.17) is 0 Å². The quantitative estimate of drug-likeness (QED) is 0.631. The van der Waals surface area contributed by atoms with Crippen molar-refractivity contribution in [1.82, 2.24) is 25.1 Å². The molecule has 2 amide bonds. The van der Waals surface area contributed by atoms with E-state index in [0.29, 0.717) is 30.2 Å². The Morgan fingerprint density at radius 3 is 2.52 bits per heavy atom. The van der Waals surface area contributed by atoms with Crippen molar-refractivity contribution in [3.63, 3.8) is 0 Å². The van der Waals surface area contributed by atoms with Crippen LogP contribution in [0, 0.1) is 11.2 Å².